The van der Waals surface area contributed by atoms with Crippen molar-refractivity contribution in [3.8, 4) is 5.75 Å². The van der Waals surface area contributed by atoms with Crippen LogP contribution in [0.2, 0.25) is 0 Å². The molecule has 1 radical (unpaired) electrons. The molecule has 4 N–H and O–H groups in total. The third-order valence-electron chi connectivity index (χ3n) is 4.58. The molecule has 2 aromatic rings. The minimum absolute atomic E-state index is 0.0376. The highest BCUT2D eigenvalue weighted by molar-refractivity contribution is 5.48. The minimum Gasteiger partial charge on any atom is -0.493 e. The highest BCUT2D eigenvalue weighted by Gasteiger charge is 2.25. The van der Waals surface area contributed by atoms with Gasteiger partial charge in [0.25, 0.3) is 0 Å². The van der Waals surface area contributed by atoms with Crippen LogP contribution in [0.3, 0.4) is 0 Å². The van der Waals surface area contributed by atoms with Crippen molar-refractivity contribution in [1.29, 1.82) is 0 Å². The SMILES string of the molecule is NCc1ccc(N2CCN[C@@H]([C@H](O)CCOc3cc[c]cc3)C2)cc1. The standard InChI is InChI=1S/C20H26N3O2/c21-14-16-6-8-17(9-7-16)23-12-11-22-19(15-23)20(24)10-13-25-18-4-2-1-3-5-18/h2-9,19-20,22,24H,10-15,21H2/t19-,20-/m1/s1. The lowest BCUT2D eigenvalue weighted by Gasteiger charge is -2.37. The molecular weight excluding hydrogens is 314 g/mol. The Balaban J connectivity index is 1.49. The van der Waals surface area contributed by atoms with Crippen LogP contribution in [0.15, 0.2) is 48.5 Å². The van der Waals surface area contributed by atoms with E-state index in [0.717, 1.165) is 30.9 Å². The average molecular weight is 340 g/mol. The molecule has 1 saturated heterocycles. The van der Waals surface area contributed by atoms with Gasteiger partial charge in [-0.05, 0) is 35.9 Å². The first kappa shape index (κ1) is 17.7. The summed E-state index contributed by atoms with van der Waals surface area (Å²) in [6.45, 7) is 3.62. The number of nitrogens with one attached hydrogen (secondary N) is 1. The maximum atomic E-state index is 10.5. The maximum absolute atomic E-state index is 10.5. The molecule has 0 unspecified atom stereocenters. The van der Waals surface area contributed by atoms with Crippen molar-refractivity contribution in [2.45, 2.75) is 25.1 Å². The Labute approximate surface area is 149 Å². The first-order chi connectivity index (χ1) is 12.3. The van der Waals surface area contributed by atoms with Gasteiger partial charge in [0.15, 0.2) is 0 Å². The van der Waals surface area contributed by atoms with E-state index in [4.69, 9.17) is 10.5 Å². The van der Waals surface area contributed by atoms with E-state index in [1.54, 1.807) is 0 Å². The number of nitrogens with two attached hydrogens (primary N) is 1. The largest absolute Gasteiger partial charge is 0.493 e. The molecular formula is C20H26N3O2. The molecule has 133 valence electrons. The van der Waals surface area contributed by atoms with E-state index in [0.29, 0.717) is 19.6 Å². The van der Waals surface area contributed by atoms with Crippen molar-refractivity contribution >= 4 is 5.69 Å². The zero-order chi connectivity index (χ0) is 17.5. The van der Waals surface area contributed by atoms with Gasteiger partial charge in [0.2, 0.25) is 0 Å². The second-order valence-electron chi connectivity index (χ2n) is 6.32. The van der Waals surface area contributed by atoms with E-state index in [-0.39, 0.29) is 6.04 Å². The number of aliphatic hydroxyl groups excluding tert-OH is 1. The van der Waals surface area contributed by atoms with Crippen LogP contribution in [-0.4, -0.2) is 43.5 Å². The number of ether oxygens (including phenoxy) is 1. The fraction of sp³-hybridized carbons (Fsp3) is 0.400. The Kier molecular flexibility index (Phi) is 6.28. The zero-order valence-corrected chi connectivity index (χ0v) is 14.4. The number of piperazine rings is 1. The lowest BCUT2D eigenvalue weighted by Crippen LogP contribution is -2.56. The summed E-state index contributed by atoms with van der Waals surface area (Å²) in [5.74, 6) is 0.809. The Bertz CT molecular complexity index is 633. The van der Waals surface area contributed by atoms with Gasteiger partial charge in [-0.15, -0.1) is 0 Å². The van der Waals surface area contributed by atoms with Crippen molar-refractivity contribution in [1.82, 2.24) is 5.32 Å². The smallest absolute Gasteiger partial charge is 0.119 e. The van der Waals surface area contributed by atoms with Crippen molar-refractivity contribution in [3.63, 3.8) is 0 Å². The van der Waals surface area contributed by atoms with Crippen LogP contribution in [0.25, 0.3) is 0 Å². The molecule has 0 aromatic heterocycles. The first-order valence-electron chi connectivity index (χ1n) is 8.80. The second-order valence-corrected chi connectivity index (χ2v) is 6.32. The topological polar surface area (TPSA) is 70.8 Å². The third kappa shape index (κ3) is 4.95. The maximum Gasteiger partial charge on any atom is 0.119 e. The third-order valence-corrected chi connectivity index (χ3v) is 4.58. The quantitative estimate of drug-likeness (QED) is 0.713. The summed E-state index contributed by atoms with van der Waals surface area (Å²) in [6, 6.07) is 18.7. The predicted molar refractivity (Wildman–Crippen MR) is 99.7 cm³/mol. The monoisotopic (exact) mass is 340 g/mol. The van der Waals surface area contributed by atoms with E-state index in [2.05, 4.69) is 40.5 Å². The molecule has 1 fully saturated rings. The normalized spacial score (nSPS) is 18.8. The molecule has 2 atom stereocenters. The summed E-state index contributed by atoms with van der Waals surface area (Å²) < 4.78 is 5.67. The van der Waals surface area contributed by atoms with E-state index < -0.39 is 6.10 Å². The summed E-state index contributed by atoms with van der Waals surface area (Å²) in [5, 5.41) is 13.9. The molecule has 1 aliphatic heterocycles. The Morgan fingerprint density at radius 3 is 2.72 bits per heavy atom. The van der Waals surface area contributed by atoms with Crippen LogP contribution >= 0.6 is 0 Å². The molecule has 0 bridgehead atoms. The van der Waals surface area contributed by atoms with Crippen LogP contribution < -0.4 is 20.7 Å². The average Bonchev–Trinajstić information content (AvgIpc) is 2.69. The molecule has 1 heterocycles. The number of rotatable bonds is 7. The fourth-order valence-electron chi connectivity index (χ4n) is 3.08. The number of hydrogen-bond acceptors (Lipinski definition) is 5. The molecule has 3 rings (SSSR count). The van der Waals surface area contributed by atoms with Crippen molar-refractivity contribution in [3.05, 3.63) is 60.2 Å². The van der Waals surface area contributed by atoms with Crippen LogP contribution in [0, 0.1) is 6.07 Å². The van der Waals surface area contributed by atoms with Crippen LogP contribution in [0.1, 0.15) is 12.0 Å². The van der Waals surface area contributed by atoms with Crippen LogP contribution in [0.4, 0.5) is 5.69 Å². The summed E-state index contributed by atoms with van der Waals surface area (Å²) in [6.07, 6.45) is 0.150. The van der Waals surface area contributed by atoms with Crippen molar-refractivity contribution < 1.29 is 9.84 Å². The Morgan fingerprint density at radius 1 is 1.24 bits per heavy atom. The van der Waals surface area contributed by atoms with E-state index in [9.17, 15) is 5.11 Å². The van der Waals surface area contributed by atoms with Gasteiger partial charge in [-0.25, -0.2) is 0 Å². The lowest BCUT2D eigenvalue weighted by molar-refractivity contribution is 0.0977. The van der Waals surface area contributed by atoms with Gasteiger partial charge in [0, 0.05) is 38.3 Å². The predicted octanol–water partition coefficient (Wildman–Crippen LogP) is 1.55. The number of benzene rings is 2. The molecule has 0 spiro atoms. The first-order valence-corrected chi connectivity index (χ1v) is 8.80. The van der Waals surface area contributed by atoms with E-state index in [1.165, 1.54) is 5.69 Å². The van der Waals surface area contributed by atoms with Gasteiger partial charge in [-0.1, -0.05) is 24.3 Å². The van der Waals surface area contributed by atoms with Gasteiger partial charge in [0.05, 0.1) is 18.8 Å². The number of aliphatic hydroxyl groups is 1. The molecule has 25 heavy (non-hydrogen) atoms. The van der Waals surface area contributed by atoms with E-state index >= 15 is 0 Å². The second kappa shape index (κ2) is 8.85. The van der Waals surface area contributed by atoms with Gasteiger partial charge in [0.1, 0.15) is 5.75 Å². The van der Waals surface area contributed by atoms with Gasteiger partial charge in [-0.3, -0.25) is 0 Å². The molecule has 0 aliphatic carbocycles. The van der Waals surface area contributed by atoms with Crippen molar-refractivity contribution in [2.24, 2.45) is 5.73 Å². The molecule has 5 nitrogen and oxygen atoms in total. The molecule has 1 aliphatic rings. The summed E-state index contributed by atoms with van der Waals surface area (Å²) in [5.41, 5.74) is 7.96. The van der Waals surface area contributed by atoms with Crippen LogP contribution in [-0.2, 0) is 6.54 Å². The molecule has 2 aromatic carbocycles. The molecule has 0 amide bonds. The van der Waals surface area contributed by atoms with Gasteiger partial charge < -0.3 is 25.8 Å². The zero-order valence-electron chi connectivity index (χ0n) is 14.4. The highest BCUT2D eigenvalue weighted by Crippen LogP contribution is 2.18. The van der Waals surface area contributed by atoms with Gasteiger partial charge in [-0.2, -0.15) is 0 Å². The number of nitrogens with zero attached hydrogens (tertiary/aromatic N) is 1. The highest BCUT2D eigenvalue weighted by atomic mass is 16.5. The summed E-state index contributed by atoms with van der Waals surface area (Å²) >= 11 is 0. The van der Waals surface area contributed by atoms with E-state index in [1.807, 2.05) is 24.3 Å². The summed E-state index contributed by atoms with van der Waals surface area (Å²) in [4.78, 5) is 2.30. The van der Waals surface area contributed by atoms with Gasteiger partial charge >= 0.3 is 0 Å². The fourth-order valence-corrected chi connectivity index (χ4v) is 3.08. The Morgan fingerprint density at radius 2 is 2.00 bits per heavy atom. The molecule has 0 saturated carbocycles. The number of anilines is 1. The van der Waals surface area contributed by atoms with Crippen molar-refractivity contribution in [2.75, 3.05) is 31.1 Å². The number of hydrogen-bond donors (Lipinski definition) is 3. The minimum atomic E-state index is -0.443. The summed E-state index contributed by atoms with van der Waals surface area (Å²) in [7, 11) is 0. The van der Waals surface area contributed by atoms with Crippen LogP contribution in [0.5, 0.6) is 5.75 Å². The lowest BCUT2D eigenvalue weighted by atomic mass is 10.0. The molecule has 5 heteroatoms. The Hall–Kier alpha value is -2.08.